The topological polar surface area (TPSA) is 53.5 Å². The average molecular weight is 206 g/mol. The molecule has 1 atom stereocenters. The number of hydrogen-bond donors (Lipinski definition) is 2. The fourth-order valence-electron chi connectivity index (χ4n) is 0.847. The van der Waals surface area contributed by atoms with Crippen molar-refractivity contribution in [1.82, 2.24) is 10.6 Å². The molecule has 1 aliphatic rings. The molecule has 13 heavy (non-hydrogen) atoms. The molecule has 0 aromatic carbocycles. The van der Waals surface area contributed by atoms with E-state index in [4.69, 9.17) is 11.6 Å². The number of nitrogens with one attached hydrogen (secondary N) is 2. The van der Waals surface area contributed by atoms with E-state index in [0.717, 1.165) is 0 Å². The van der Waals surface area contributed by atoms with Gasteiger partial charge in [-0.1, -0.05) is 11.6 Å². The molecule has 0 spiro atoms. The largest absolute Gasteiger partial charge is 0.370 e. The van der Waals surface area contributed by atoms with Crippen LogP contribution in [-0.2, 0) is 4.79 Å². The zero-order valence-corrected chi connectivity index (χ0v) is 7.73. The van der Waals surface area contributed by atoms with Crippen LogP contribution in [-0.4, -0.2) is 23.5 Å². The van der Waals surface area contributed by atoms with Gasteiger partial charge < -0.3 is 10.6 Å². The van der Waals surface area contributed by atoms with Gasteiger partial charge in [0.15, 0.2) is 0 Å². The van der Waals surface area contributed by atoms with Crippen molar-refractivity contribution in [3.8, 4) is 0 Å². The van der Waals surface area contributed by atoms with Gasteiger partial charge in [0, 0.05) is 12.7 Å². The lowest BCUT2D eigenvalue weighted by Gasteiger charge is -2.22. The Morgan fingerprint density at radius 2 is 2.62 bits per heavy atom. The van der Waals surface area contributed by atoms with Crippen molar-refractivity contribution < 1.29 is 9.18 Å². The lowest BCUT2D eigenvalue weighted by atomic mass is 10.4. The molecular weight excluding hydrogens is 197 g/mol. The number of hydrogen-bond acceptors (Lipinski definition) is 4. The third-order valence-corrected chi connectivity index (χ3v) is 1.75. The van der Waals surface area contributed by atoms with Gasteiger partial charge in [-0.15, -0.1) is 0 Å². The molecule has 0 amide bonds. The molecule has 0 aromatic heterocycles. The number of likely N-dealkylation sites (N-methyl/N-ethyl adjacent to an activating group) is 1. The summed E-state index contributed by atoms with van der Waals surface area (Å²) in [5.41, 5.74) is 0. The van der Waals surface area contributed by atoms with Gasteiger partial charge in [0.25, 0.3) is 0 Å². The van der Waals surface area contributed by atoms with Crippen molar-refractivity contribution >= 4 is 23.5 Å². The third-order valence-electron chi connectivity index (χ3n) is 1.41. The molecule has 1 rings (SSSR count). The minimum Gasteiger partial charge on any atom is -0.370 e. The van der Waals surface area contributed by atoms with Crippen LogP contribution < -0.4 is 10.6 Å². The Bertz CT molecular complexity index is 279. The van der Waals surface area contributed by atoms with E-state index >= 15 is 0 Å². The number of carbonyl (C=O) groups is 1. The zero-order valence-electron chi connectivity index (χ0n) is 6.97. The van der Waals surface area contributed by atoms with Gasteiger partial charge in [-0.05, 0) is 13.0 Å². The maximum atomic E-state index is 12.4. The number of amidine groups is 1. The fourth-order valence-corrected chi connectivity index (χ4v) is 1.00. The average Bonchev–Trinajstić information content (AvgIpc) is 2.04. The van der Waals surface area contributed by atoms with Crippen molar-refractivity contribution in [2.45, 2.75) is 12.0 Å². The molecule has 1 aliphatic heterocycles. The lowest BCUT2D eigenvalue weighted by Crippen LogP contribution is -2.45. The first-order valence-electron chi connectivity index (χ1n) is 3.75. The van der Waals surface area contributed by atoms with E-state index in [-0.39, 0.29) is 0 Å². The highest BCUT2D eigenvalue weighted by Gasteiger charge is 2.37. The first kappa shape index (κ1) is 9.98. The molecule has 0 aromatic rings. The van der Waals surface area contributed by atoms with E-state index in [1.165, 1.54) is 6.20 Å². The molecule has 1 heterocycles. The normalized spacial score (nSPS) is 26.2. The number of aliphatic imine (C=N–C) groups is 1. The second-order valence-corrected chi connectivity index (χ2v) is 2.95. The van der Waals surface area contributed by atoms with Crippen LogP contribution in [0.5, 0.6) is 0 Å². The van der Waals surface area contributed by atoms with Gasteiger partial charge in [-0.2, -0.15) is 4.39 Å². The van der Waals surface area contributed by atoms with Crippen LogP contribution >= 0.6 is 11.6 Å². The molecule has 0 fully saturated rings. The SMILES string of the molecule is CCNC1=NC(Cl)(C(=O)F)NC=C1. The van der Waals surface area contributed by atoms with Crippen LogP contribution in [0.4, 0.5) is 4.39 Å². The molecule has 1 unspecified atom stereocenters. The summed E-state index contributed by atoms with van der Waals surface area (Å²) in [5.74, 6) is 0.377. The zero-order chi connectivity index (χ0) is 9.90. The fraction of sp³-hybridized carbons (Fsp3) is 0.429. The first-order chi connectivity index (χ1) is 6.08. The van der Waals surface area contributed by atoms with Gasteiger partial charge in [-0.25, -0.2) is 4.99 Å². The number of nitrogens with zero attached hydrogens (tertiary/aromatic N) is 1. The van der Waals surface area contributed by atoms with Crippen molar-refractivity contribution in [3.05, 3.63) is 12.3 Å². The van der Waals surface area contributed by atoms with Crippen LogP contribution in [0.25, 0.3) is 0 Å². The third kappa shape index (κ3) is 2.18. The molecule has 72 valence electrons. The number of rotatable bonds is 2. The van der Waals surface area contributed by atoms with Gasteiger partial charge in [0.1, 0.15) is 5.84 Å². The summed E-state index contributed by atoms with van der Waals surface area (Å²) in [6.07, 6.45) is 2.93. The van der Waals surface area contributed by atoms with Crippen LogP contribution in [0.3, 0.4) is 0 Å². The molecule has 4 nitrogen and oxygen atoms in total. The Morgan fingerprint density at radius 1 is 1.92 bits per heavy atom. The highest BCUT2D eigenvalue weighted by atomic mass is 35.5. The van der Waals surface area contributed by atoms with Crippen molar-refractivity contribution in [3.63, 3.8) is 0 Å². The van der Waals surface area contributed by atoms with E-state index in [1.54, 1.807) is 6.08 Å². The van der Waals surface area contributed by atoms with Crippen LogP contribution in [0.2, 0.25) is 0 Å². The predicted octanol–water partition coefficient (Wildman–Crippen LogP) is 0.500. The Kier molecular flexibility index (Phi) is 2.87. The Morgan fingerprint density at radius 3 is 3.15 bits per heavy atom. The maximum Gasteiger partial charge on any atom is 0.365 e. The van der Waals surface area contributed by atoms with E-state index in [9.17, 15) is 9.18 Å². The van der Waals surface area contributed by atoms with E-state index in [1.807, 2.05) is 6.92 Å². The molecule has 0 saturated heterocycles. The quantitative estimate of drug-likeness (QED) is 0.392. The summed E-state index contributed by atoms with van der Waals surface area (Å²) in [7, 11) is 0. The van der Waals surface area contributed by atoms with E-state index in [0.29, 0.717) is 12.4 Å². The minimum absolute atomic E-state index is 0.377. The standard InChI is InChI=1S/C7H9ClFN3O/c1-2-10-5-3-4-11-7(8,12-5)6(9)13/h3-4,11H,2H2,1H3,(H,10,12). The van der Waals surface area contributed by atoms with Gasteiger partial charge in [-0.3, -0.25) is 4.79 Å². The predicted molar refractivity (Wildman–Crippen MR) is 48.1 cm³/mol. The summed E-state index contributed by atoms with van der Waals surface area (Å²) < 4.78 is 12.4. The molecule has 0 bridgehead atoms. The highest BCUT2D eigenvalue weighted by Crippen LogP contribution is 2.18. The van der Waals surface area contributed by atoms with Crippen LogP contribution in [0.15, 0.2) is 17.3 Å². The second kappa shape index (κ2) is 3.74. The smallest absolute Gasteiger partial charge is 0.365 e. The summed E-state index contributed by atoms with van der Waals surface area (Å²) in [5, 5.41) is 3.14. The summed E-state index contributed by atoms with van der Waals surface area (Å²) >= 11 is 5.53. The molecular formula is C7H9ClFN3O. The molecule has 2 N–H and O–H groups in total. The Labute approximate surface area is 79.9 Å². The lowest BCUT2D eigenvalue weighted by molar-refractivity contribution is -0.132. The molecule has 6 heteroatoms. The van der Waals surface area contributed by atoms with Crippen molar-refractivity contribution in [1.29, 1.82) is 0 Å². The van der Waals surface area contributed by atoms with E-state index in [2.05, 4.69) is 15.6 Å². The van der Waals surface area contributed by atoms with E-state index < -0.39 is 11.2 Å². The second-order valence-electron chi connectivity index (χ2n) is 2.40. The van der Waals surface area contributed by atoms with Gasteiger partial charge in [0.2, 0.25) is 0 Å². The number of halogens is 2. The molecule has 0 saturated carbocycles. The minimum atomic E-state index is -1.99. The number of carbonyl (C=O) groups excluding carboxylic acids is 1. The van der Waals surface area contributed by atoms with Crippen LogP contribution in [0.1, 0.15) is 6.92 Å². The van der Waals surface area contributed by atoms with Crippen molar-refractivity contribution in [2.75, 3.05) is 6.54 Å². The maximum absolute atomic E-state index is 12.4. The van der Waals surface area contributed by atoms with Crippen molar-refractivity contribution in [2.24, 2.45) is 4.99 Å². The molecule has 0 aliphatic carbocycles. The van der Waals surface area contributed by atoms with Gasteiger partial charge in [0.05, 0.1) is 0 Å². The Balaban J connectivity index is 2.82. The highest BCUT2D eigenvalue weighted by molar-refractivity contribution is 6.34. The number of alkyl halides is 1. The van der Waals surface area contributed by atoms with Crippen LogP contribution in [0, 0.1) is 0 Å². The summed E-state index contributed by atoms with van der Waals surface area (Å²) in [4.78, 5) is 14.1. The summed E-state index contributed by atoms with van der Waals surface area (Å²) in [6.45, 7) is 2.47. The Hall–Kier alpha value is -1.10. The molecule has 0 radical (unpaired) electrons. The van der Waals surface area contributed by atoms with Gasteiger partial charge >= 0.3 is 11.2 Å². The first-order valence-corrected chi connectivity index (χ1v) is 4.13. The summed E-state index contributed by atoms with van der Waals surface area (Å²) in [6, 6.07) is -1.73. The monoisotopic (exact) mass is 205 g/mol.